The first-order valence-corrected chi connectivity index (χ1v) is 7.77. The van der Waals surface area contributed by atoms with Crippen LogP contribution in [0.15, 0.2) is 23.1 Å². The van der Waals surface area contributed by atoms with Gasteiger partial charge in [-0.2, -0.15) is 0 Å². The van der Waals surface area contributed by atoms with Crippen LogP contribution < -0.4 is 11.1 Å². The molecule has 1 unspecified atom stereocenters. The summed E-state index contributed by atoms with van der Waals surface area (Å²) in [5.41, 5.74) is 7.20. The standard InChI is InChI=1S/C13H22N2O2S/c1-9(13(2,3)4)15-12-7-6-10(8-11(12)14)18(5,16)17/h6-9,15H,14H2,1-5H3. The van der Waals surface area contributed by atoms with E-state index in [4.69, 9.17) is 5.73 Å². The minimum absolute atomic E-state index is 0.0992. The maximum Gasteiger partial charge on any atom is 0.175 e. The summed E-state index contributed by atoms with van der Waals surface area (Å²) in [5, 5.41) is 3.31. The van der Waals surface area contributed by atoms with Crippen molar-refractivity contribution in [3.05, 3.63) is 18.2 Å². The fraction of sp³-hybridized carbons (Fsp3) is 0.538. The molecule has 0 aliphatic heterocycles. The van der Waals surface area contributed by atoms with Crippen molar-refractivity contribution in [2.75, 3.05) is 17.3 Å². The number of nitrogens with one attached hydrogen (secondary N) is 1. The topological polar surface area (TPSA) is 72.2 Å². The van der Waals surface area contributed by atoms with Crippen molar-refractivity contribution in [2.45, 2.75) is 38.6 Å². The first-order valence-electron chi connectivity index (χ1n) is 5.88. The van der Waals surface area contributed by atoms with E-state index < -0.39 is 9.84 Å². The third-order valence-electron chi connectivity index (χ3n) is 3.12. The van der Waals surface area contributed by atoms with Crippen molar-refractivity contribution in [1.82, 2.24) is 0 Å². The fourth-order valence-electron chi connectivity index (χ4n) is 1.35. The highest BCUT2D eigenvalue weighted by atomic mass is 32.2. The maximum atomic E-state index is 11.4. The molecule has 1 aromatic carbocycles. The van der Waals surface area contributed by atoms with Gasteiger partial charge in [-0.25, -0.2) is 8.42 Å². The van der Waals surface area contributed by atoms with Crippen LogP contribution in [0.1, 0.15) is 27.7 Å². The molecule has 0 radical (unpaired) electrons. The van der Waals surface area contributed by atoms with Crippen molar-refractivity contribution in [2.24, 2.45) is 5.41 Å². The van der Waals surface area contributed by atoms with E-state index in [0.717, 1.165) is 5.69 Å². The smallest absolute Gasteiger partial charge is 0.175 e. The summed E-state index contributed by atoms with van der Waals surface area (Å²) in [7, 11) is -3.21. The summed E-state index contributed by atoms with van der Waals surface area (Å²) >= 11 is 0. The molecule has 5 heteroatoms. The first-order chi connectivity index (χ1) is 8.01. The van der Waals surface area contributed by atoms with Gasteiger partial charge in [0, 0.05) is 12.3 Å². The molecule has 0 aliphatic carbocycles. The zero-order valence-electron chi connectivity index (χ0n) is 11.6. The molecule has 18 heavy (non-hydrogen) atoms. The van der Waals surface area contributed by atoms with E-state index in [2.05, 4.69) is 33.0 Å². The maximum absolute atomic E-state index is 11.4. The average Bonchev–Trinajstić information content (AvgIpc) is 2.17. The number of nitrogen functional groups attached to an aromatic ring is 1. The van der Waals surface area contributed by atoms with Gasteiger partial charge >= 0.3 is 0 Å². The second kappa shape index (κ2) is 4.80. The Morgan fingerprint density at radius 3 is 2.22 bits per heavy atom. The minimum atomic E-state index is -3.21. The fourth-order valence-corrected chi connectivity index (χ4v) is 2.01. The Bertz CT molecular complexity index is 530. The van der Waals surface area contributed by atoms with Gasteiger partial charge in [0.05, 0.1) is 16.3 Å². The molecule has 0 heterocycles. The van der Waals surface area contributed by atoms with E-state index in [1.807, 2.05) is 0 Å². The number of rotatable bonds is 3. The van der Waals surface area contributed by atoms with E-state index >= 15 is 0 Å². The molecule has 0 aromatic heterocycles. The number of hydrogen-bond donors (Lipinski definition) is 2. The molecule has 1 atom stereocenters. The summed E-state index contributed by atoms with van der Waals surface area (Å²) in [6, 6.07) is 5.01. The van der Waals surface area contributed by atoms with Crippen LogP contribution in [-0.4, -0.2) is 20.7 Å². The molecular formula is C13H22N2O2S. The molecule has 0 fully saturated rings. The van der Waals surface area contributed by atoms with Crippen LogP contribution in [0.3, 0.4) is 0 Å². The second-order valence-corrected chi connectivity index (χ2v) is 7.77. The lowest BCUT2D eigenvalue weighted by Gasteiger charge is -2.29. The monoisotopic (exact) mass is 270 g/mol. The molecule has 0 saturated heterocycles. The molecule has 0 saturated carbocycles. The van der Waals surface area contributed by atoms with Gasteiger partial charge in [-0.1, -0.05) is 20.8 Å². The van der Waals surface area contributed by atoms with E-state index in [1.54, 1.807) is 12.1 Å². The Morgan fingerprint density at radius 1 is 1.28 bits per heavy atom. The average molecular weight is 270 g/mol. The first kappa shape index (κ1) is 14.8. The van der Waals surface area contributed by atoms with Gasteiger partial charge in [0.25, 0.3) is 0 Å². The molecular weight excluding hydrogens is 248 g/mol. The Morgan fingerprint density at radius 2 is 1.83 bits per heavy atom. The lowest BCUT2D eigenvalue weighted by Crippen LogP contribution is -2.31. The van der Waals surface area contributed by atoms with E-state index in [1.165, 1.54) is 12.3 Å². The molecule has 4 nitrogen and oxygen atoms in total. The third-order valence-corrected chi connectivity index (χ3v) is 4.23. The molecule has 0 amide bonds. The predicted octanol–water partition coefficient (Wildman–Crippen LogP) is 2.52. The van der Waals surface area contributed by atoms with Gasteiger partial charge in [-0.05, 0) is 30.5 Å². The number of benzene rings is 1. The van der Waals surface area contributed by atoms with Gasteiger partial charge in [-0.3, -0.25) is 0 Å². The van der Waals surface area contributed by atoms with Gasteiger partial charge < -0.3 is 11.1 Å². The van der Waals surface area contributed by atoms with Crippen LogP contribution in [-0.2, 0) is 9.84 Å². The number of anilines is 2. The zero-order chi connectivity index (χ0) is 14.1. The molecule has 1 aromatic rings. The van der Waals surface area contributed by atoms with Crippen LogP contribution in [0.25, 0.3) is 0 Å². The summed E-state index contributed by atoms with van der Waals surface area (Å²) < 4.78 is 22.8. The highest BCUT2D eigenvalue weighted by Gasteiger charge is 2.20. The Labute approximate surface area is 110 Å². The van der Waals surface area contributed by atoms with Gasteiger partial charge in [0.15, 0.2) is 9.84 Å². The van der Waals surface area contributed by atoms with Crippen LogP contribution in [0.4, 0.5) is 11.4 Å². The van der Waals surface area contributed by atoms with Gasteiger partial charge in [0.1, 0.15) is 0 Å². The number of hydrogen-bond acceptors (Lipinski definition) is 4. The summed E-state index contributed by atoms with van der Waals surface area (Å²) in [4.78, 5) is 0.244. The van der Waals surface area contributed by atoms with Crippen LogP contribution >= 0.6 is 0 Å². The SMILES string of the molecule is CC(Nc1ccc(S(C)(=O)=O)cc1N)C(C)(C)C. The van der Waals surface area contributed by atoms with Crippen molar-refractivity contribution < 1.29 is 8.42 Å². The largest absolute Gasteiger partial charge is 0.397 e. The van der Waals surface area contributed by atoms with E-state index in [0.29, 0.717) is 5.69 Å². The normalized spacial score (nSPS) is 14.3. The Kier molecular flexibility index (Phi) is 3.96. The third kappa shape index (κ3) is 3.63. The van der Waals surface area contributed by atoms with Crippen molar-refractivity contribution >= 4 is 21.2 Å². The van der Waals surface area contributed by atoms with Crippen LogP contribution in [0.2, 0.25) is 0 Å². The Balaban J connectivity index is 3.01. The molecule has 0 bridgehead atoms. The van der Waals surface area contributed by atoms with Gasteiger partial charge in [-0.15, -0.1) is 0 Å². The van der Waals surface area contributed by atoms with Crippen LogP contribution in [0.5, 0.6) is 0 Å². The van der Waals surface area contributed by atoms with Crippen LogP contribution in [0, 0.1) is 5.41 Å². The lowest BCUT2D eigenvalue weighted by molar-refractivity contribution is 0.359. The van der Waals surface area contributed by atoms with E-state index in [-0.39, 0.29) is 16.4 Å². The zero-order valence-corrected chi connectivity index (χ0v) is 12.4. The van der Waals surface area contributed by atoms with Gasteiger partial charge in [0.2, 0.25) is 0 Å². The number of sulfone groups is 1. The van der Waals surface area contributed by atoms with Crippen molar-refractivity contribution in [3.8, 4) is 0 Å². The quantitative estimate of drug-likeness (QED) is 0.828. The number of nitrogens with two attached hydrogens (primary N) is 1. The summed E-state index contributed by atoms with van der Waals surface area (Å²) in [6.07, 6.45) is 1.17. The highest BCUT2D eigenvalue weighted by Crippen LogP contribution is 2.27. The molecule has 0 spiro atoms. The summed E-state index contributed by atoms with van der Waals surface area (Å²) in [6.45, 7) is 8.47. The molecule has 102 valence electrons. The second-order valence-electron chi connectivity index (χ2n) is 5.75. The molecule has 0 aliphatic rings. The Hall–Kier alpha value is -1.23. The van der Waals surface area contributed by atoms with Crippen molar-refractivity contribution in [1.29, 1.82) is 0 Å². The minimum Gasteiger partial charge on any atom is -0.397 e. The van der Waals surface area contributed by atoms with Crippen molar-refractivity contribution in [3.63, 3.8) is 0 Å². The van der Waals surface area contributed by atoms with E-state index in [9.17, 15) is 8.42 Å². The summed E-state index contributed by atoms with van der Waals surface area (Å²) in [5.74, 6) is 0. The highest BCUT2D eigenvalue weighted by molar-refractivity contribution is 7.90. The molecule has 1 rings (SSSR count). The lowest BCUT2D eigenvalue weighted by atomic mass is 9.88. The predicted molar refractivity (Wildman–Crippen MR) is 76.5 cm³/mol. The molecule has 3 N–H and O–H groups in total.